The van der Waals surface area contributed by atoms with E-state index in [4.69, 9.17) is 25.8 Å². The molecule has 1 aliphatic heterocycles. The van der Waals surface area contributed by atoms with Crippen molar-refractivity contribution in [3.8, 4) is 5.75 Å². The Kier molecular flexibility index (Phi) is 11.3. The Morgan fingerprint density at radius 2 is 1.83 bits per heavy atom. The zero-order valence-corrected chi connectivity index (χ0v) is 27.2. The van der Waals surface area contributed by atoms with E-state index in [1.165, 1.54) is 11.3 Å². The summed E-state index contributed by atoms with van der Waals surface area (Å²) in [6, 6.07) is 13.1. The van der Waals surface area contributed by atoms with Crippen molar-refractivity contribution >= 4 is 49.0 Å². The molecular formula is C31H41ClN2O6S2. The van der Waals surface area contributed by atoms with Crippen LogP contribution in [0.3, 0.4) is 0 Å². The van der Waals surface area contributed by atoms with E-state index in [1.807, 2.05) is 50.2 Å². The number of nitrogens with zero attached hydrogens (tertiary/aromatic N) is 2. The molecule has 2 aromatic carbocycles. The van der Waals surface area contributed by atoms with Crippen LogP contribution in [-0.4, -0.2) is 81.7 Å². The Morgan fingerprint density at radius 1 is 1.12 bits per heavy atom. The number of carbonyl (C=O) groups is 1. The number of sulfonamides is 1. The van der Waals surface area contributed by atoms with Gasteiger partial charge in [0, 0.05) is 42.4 Å². The summed E-state index contributed by atoms with van der Waals surface area (Å²) in [5, 5.41) is 1.48. The van der Waals surface area contributed by atoms with Crippen LogP contribution >= 0.6 is 22.9 Å². The molecule has 4 rings (SSSR count). The Bertz CT molecular complexity index is 1450. The van der Waals surface area contributed by atoms with Crippen LogP contribution in [0.5, 0.6) is 5.75 Å². The quantitative estimate of drug-likeness (QED) is 0.203. The van der Waals surface area contributed by atoms with Crippen molar-refractivity contribution in [3.05, 3.63) is 58.6 Å². The maximum Gasteiger partial charge on any atom is 0.349 e. The van der Waals surface area contributed by atoms with Gasteiger partial charge in [-0.05, 0) is 86.9 Å². The van der Waals surface area contributed by atoms with Crippen molar-refractivity contribution in [3.63, 3.8) is 0 Å². The third kappa shape index (κ3) is 8.24. The molecule has 0 N–H and O–H groups in total. The van der Waals surface area contributed by atoms with E-state index >= 15 is 0 Å². The Balaban J connectivity index is 1.30. The van der Waals surface area contributed by atoms with E-state index in [-0.39, 0.29) is 0 Å². The molecule has 0 saturated carbocycles. The van der Waals surface area contributed by atoms with Crippen LogP contribution in [0.15, 0.2) is 46.7 Å². The first kappa shape index (κ1) is 32.7. The van der Waals surface area contributed by atoms with Gasteiger partial charge in [-0.1, -0.05) is 30.7 Å². The summed E-state index contributed by atoms with van der Waals surface area (Å²) in [5.41, 5.74) is 0.685. The number of halogens is 1. The molecule has 2 heterocycles. The minimum atomic E-state index is -3.63. The summed E-state index contributed by atoms with van der Waals surface area (Å²) in [7, 11) is -3.63. The molecule has 1 saturated heterocycles. The van der Waals surface area contributed by atoms with Crippen LogP contribution in [0.1, 0.15) is 44.7 Å². The van der Waals surface area contributed by atoms with Crippen LogP contribution in [0.4, 0.5) is 0 Å². The monoisotopic (exact) mass is 636 g/mol. The van der Waals surface area contributed by atoms with Gasteiger partial charge in [-0.3, -0.25) is 4.90 Å². The number of rotatable bonds is 14. The van der Waals surface area contributed by atoms with Crippen LogP contribution in [0, 0.1) is 6.92 Å². The lowest BCUT2D eigenvalue weighted by molar-refractivity contribution is -0.159. The van der Waals surface area contributed by atoms with Crippen molar-refractivity contribution in [1.82, 2.24) is 9.21 Å². The molecule has 230 valence electrons. The highest BCUT2D eigenvalue weighted by Crippen LogP contribution is 2.37. The van der Waals surface area contributed by atoms with Crippen LogP contribution < -0.4 is 4.74 Å². The second-order valence-corrected chi connectivity index (χ2v) is 14.6. The fourth-order valence-electron chi connectivity index (χ4n) is 4.92. The van der Waals surface area contributed by atoms with Gasteiger partial charge in [0.05, 0.1) is 13.2 Å². The van der Waals surface area contributed by atoms with Gasteiger partial charge >= 0.3 is 5.97 Å². The number of aryl methyl sites for hydroxylation is 2. The Hall–Kier alpha value is -2.21. The lowest BCUT2D eigenvalue weighted by Crippen LogP contribution is -2.42. The van der Waals surface area contributed by atoms with Crippen LogP contribution in [0.25, 0.3) is 10.1 Å². The third-order valence-electron chi connectivity index (χ3n) is 7.31. The number of carbonyl (C=O) groups excluding carboxylic acids is 1. The van der Waals surface area contributed by atoms with E-state index in [1.54, 1.807) is 24.2 Å². The van der Waals surface area contributed by atoms with Crippen molar-refractivity contribution < 1.29 is 27.4 Å². The highest BCUT2D eigenvalue weighted by molar-refractivity contribution is 7.91. The zero-order chi connectivity index (χ0) is 30.3. The maximum atomic E-state index is 13.7. The van der Waals surface area contributed by atoms with Gasteiger partial charge in [-0.15, -0.1) is 11.3 Å². The molecule has 0 amide bonds. The number of benzene rings is 2. The van der Waals surface area contributed by atoms with Gasteiger partial charge in [-0.25, -0.2) is 13.2 Å². The third-order valence-corrected chi connectivity index (χ3v) is 11.3. The molecule has 1 aromatic heterocycles. The zero-order valence-electron chi connectivity index (χ0n) is 24.9. The first-order chi connectivity index (χ1) is 20.0. The van der Waals surface area contributed by atoms with Gasteiger partial charge in [0.2, 0.25) is 0 Å². The molecule has 1 aliphatic rings. The molecule has 42 heavy (non-hydrogen) atoms. The predicted molar refractivity (Wildman–Crippen MR) is 168 cm³/mol. The molecule has 0 radical (unpaired) electrons. The number of hydrogen-bond acceptors (Lipinski definition) is 8. The summed E-state index contributed by atoms with van der Waals surface area (Å²) in [4.78, 5) is 14.9. The van der Waals surface area contributed by atoms with Gasteiger partial charge in [-0.2, -0.15) is 4.31 Å². The number of thiophene rings is 1. The number of hydrogen-bond donors (Lipinski definition) is 0. The smallest absolute Gasteiger partial charge is 0.349 e. The summed E-state index contributed by atoms with van der Waals surface area (Å²) in [6.45, 7) is 12.2. The molecule has 0 atom stereocenters. The first-order valence-corrected chi connectivity index (χ1v) is 17.1. The van der Waals surface area contributed by atoms with E-state index < -0.39 is 21.6 Å². The fraction of sp³-hybridized carbons (Fsp3) is 0.516. The summed E-state index contributed by atoms with van der Waals surface area (Å²) in [5.74, 6) is 0.165. The lowest BCUT2D eigenvalue weighted by Gasteiger charge is -2.28. The standard InChI is InChI=1S/C31H41ClN2O6S2/c1-5-14-34(42(36,37)29-23(2)27-22-25(32)10-13-28(27)41-29)15-6-7-24-8-11-26(12-9-24)40-31(3,4)30(35)39-21-18-33-16-19-38-20-17-33/h8-13,22H,5-7,14-21H2,1-4H3. The number of esters is 1. The normalized spacial score (nSPS) is 14.9. The summed E-state index contributed by atoms with van der Waals surface area (Å²) >= 11 is 7.46. The lowest BCUT2D eigenvalue weighted by atomic mass is 10.1. The minimum Gasteiger partial charge on any atom is -0.476 e. The van der Waals surface area contributed by atoms with Gasteiger partial charge < -0.3 is 14.2 Å². The summed E-state index contributed by atoms with van der Waals surface area (Å²) < 4.78 is 47.0. The number of fused-ring (bicyclic) bond motifs is 1. The molecule has 8 nitrogen and oxygen atoms in total. The Morgan fingerprint density at radius 3 is 2.52 bits per heavy atom. The SMILES string of the molecule is CCCN(CCCc1ccc(OC(C)(C)C(=O)OCCN2CCOCC2)cc1)S(=O)(=O)c1sc2ccc(Cl)cc2c1C. The fourth-order valence-corrected chi connectivity index (χ4v) is 8.55. The highest BCUT2D eigenvalue weighted by atomic mass is 35.5. The topological polar surface area (TPSA) is 85.4 Å². The van der Waals surface area contributed by atoms with Crippen molar-refractivity contribution in [2.75, 3.05) is 52.5 Å². The second kappa shape index (κ2) is 14.5. The van der Waals surface area contributed by atoms with Gasteiger partial charge in [0.1, 0.15) is 16.6 Å². The maximum absolute atomic E-state index is 13.7. The molecular weight excluding hydrogens is 596 g/mol. The molecule has 0 spiro atoms. The van der Waals surface area contributed by atoms with E-state index in [9.17, 15) is 13.2 Å². The van der Waals surface area contributed by atoms with Gasteiger partial charge in [0.25, 0.3) is 10.0 Å². The molecule has 11 heteroatoms. The van der Waals surface area contributed by atoms with Crippen LogP contribution in [0.2, 0.25) is 5.02 Å². The largest absolute Gasteiger partial charge is 0.476 e. The summed E-state index contributed by atoms with van der Waals surface area (Å²) in [6.07, 6.45) is 2.12. The van der Waals surface area contributed by atoms with Crippen molar-refractivity contribution in [2.45, 2.75) is 56.8 Å². The first-order valence-electron chi connectivity index (χ1n) is 14.5. The van der Waals surface area contributed by atoms with E-state index in [2.05, 4.69) is 4.90 Å². The molecule has 0 aliphatic carbocycles. The van der Waals surface area contributed by atoms with Crippen molar-refractivity contribution in [1.29, 1.82) is 0 Å². The van der Waals surface area contributed by atoms with E-state index in [0.717, 1.165) is 40.7 Å². The highest BCUT2D eigenvalue weighted by Gasteiger charge is 2.32. The van der Waals surface area contributed by atoms with Crippen molar-refractivity contribution in [2.24, 2.45) is 0 Å². The van der Waals surface area contributed by atoms with Crippen LogP contribution in [-0.2, 0) is 30.7 Å². The molecule has 0 unspecified atom stereocenters. The average molecular weight is 637 g/mol. The Labute approximate surface area is 258 Å². The minimum absolute atomic E-state index is 0.312. The average Bonchev–Trinajstić information content (AvgIpc) is 3.30. The van der Waals surface area contributed by atoms with E-state index in [0.29, 0.717) is 67.3 Å². The second-order valence-electron chi connectivity index (χ2n) is 11.0. The predicted octanol–water partition coefficient (Wildman–Crippen LogP) is 5.93. The molecule has 3 aromatic rings. The number of morpholine rings is 1. The molecule has 1 fully saturated rings. The van der Waals surface area contributed by atoms with Gasteiger partial charge in [0.15, 0.2) is 5.60 Å². The number of ether oxygens (including phenoxy) is 3. The molecule has 0 bridgehead atoms.